The molecule has 0 saturated heterocycles. The molecular formula is C48H58N15O10P10S+. The summed E-state index contributed by atoms with van der Waals surface area (Å²) >= 11 is 5.72. The number of nitrogens with zero attached hydrogens (tertiary/aromatic N) is 15. The quantitative estimate of drug-likeness (QED) is 0.00924. The minimum absolute atomic E-state index is 0.121. The topological polar surface area (TPSA) is 301 Å². The molecule has 6 rings (SSSR count). The normalized spacial score (nSPS) is 13.3. The van der Waals surface area contributed by atoms with Gasteiger partial charge in [0, 0.05) is 72.7 Å². The lowest BCUT2D eigenvalue weighted by molar-refractivity contribution is 0.224. The molecule has 0 spiro atoms. The summed E-state index contributed by atoms with van der Waals surface area (Å²) in [5.41, 5.74) is 30.2. The number of rotatable bonds is 33. The molecule has 6 aromatic carbocycles. The standard InChI is InChI=1S/C48H58N15O10P10S/c1-61(52-35-40-19-23-42(24-20-40)70-57-54-49)79(78(75)59-56-51)72-44-29-31-48(32-30-44)83(46-13-9-7-10-14-46,47-15-11-8-12-16-47)60-76(77(74)58-55-50)71-43-27-21-41(22-28-43)36-53-62(2)80(84)73-45-25-17-39(18-26-45)33-34-63(37-81(64,66-3)67-4)38-82(65,68-5)69-6/h7-32,35-36H,33-34,37-38,74-75H2,1-6H3/q+1. The monoisotopic (exact) mass is 1350 g/mol. The number of benzene rings is 6. The smallest absolute Gasteiger partial charge is 0.448 e. The molecule has 0 aliphatic heterocycles. The molecule has 0 fully saturated rings. The van der Waals surface area contributed by atoms with Gasteiger partial charge in [0.25, 0.3) is 0 Å². The van der Waals surface area contributed by atoms with Gasteiger partial charge in [-0.15, -0.1) is 5.10 Å². The van der Waals surface area contributed by atoms with Crippen LogP contribution in [-0.2, 0) is 45.5 Å². The van der Waals surface area contributed by atoms with Crippen molar-refractivity contribution in [2.45, 2.75) is 6.42 Å². The molecule has 7 atom stereocenters. The van der Waals surface area contributed by atoms with E-state index in [9.17, 15) is 20.2 Å². The highest BCUT2D eigenvalue weighted by molar-refractivity contribution is 8.51. The fraction of sp³-hybridized carbons (Fsp3) is 0.208. The zero-order valence-corrected chi connectivity index (χ0v) is 56.2. The maximum absolute atomic E-state index is 13.0. The SMILES string of the molecule is COP(=O)(CN(CCc1ccc(O[P+](=S)N(C)N=Cc2ccc(OP(N=P(c3ccccc3)(c3ccccc3)c3ccc(OP(N(C)N=Cc4ccc(ON=[N+]=[N-])cc4)P(P)N=[N+]=[N-])cc3)P(P)N=[N+]=[N-])cc2)cc1)CP(=O)(OC)OC)OC. The van der Waals surface area contributed by atoms with E-state index in [-0.39, 0.29) is 12.6 Å². The molecule has 0 N–H and O–H groups in total. The van der Waals surface area contributed by atoms with Crippen LogP contribution in [0.15, 0.2) is 187 Å². The molecule has 7 unspecified atom stereocenters. The molecule has 0 aromatic heterocycles. The first-order chi connectivity index (χ1) is 40.5. The van der Waals surface area contributed by atoms with Crippen LogP contribution in [0.1, 0.15) is 16.7 Å². The molecule has 0 aliphatic rings. The maximum atomic E-state index is 13.0. The van der Waals surface area contributed by atoms with Crippen LogP contribution in [0.3, 0.4) is 0 Å². The van der Waals surface area contributed by atoms with E-state index >= 15 is 0 Å². The van der Waals surface area contributed by atoms with Gasteiger partial charge in [0.05, 0.1) is 41.4 Å². The Bertz CT molecular complexity index is 3400. The van der Waals surface area contributed by atoms with E-state index in [0.717, 1.165) is 32.6 Å². The van der Waals surface area contributed by atoms with Crippen LogP contribution in [-0.4, -0.2) is 88.5 Å². The van der Waals surface area contributed by atoms with Crippen LogP contribution in [0, 0.1) is 0 Å². The van der Waals surface area contributed by atoms with E-state index in [1.807, 2.05) is 109 Å². The second-order valence-electron chi connectivity index (χ2n) is 16.8. The lowest BCUT2D eigenvalue weighted by Gasteiger charge is -2.30. The van der Waals surface area contributed by atoms with Crippen molar-refractivity contribution < 1.29 is 45.6 Å². The third-order valence-electron chi connectivity index (χ3n) is 11.5. The first kappa shape index (κ1) is 68.1. The number of hydrogen-bond donors (Lipinski definition) is 0. The van der Waals surface area contributed by atoms with Crippen molar-refractivity contribution in [3.05, 3.63) is 206 Å². The molecule has 0 amide bonds. The molecule has 84 heavy (non-hydrogen) atoms. The van der Waals surface area contributed by atoms with Gasteiger partial charge in [-0.3, -0.25) is 18.6 Å². The third kappa shape index (κ3) is 20.0. The summed E-state index contributed by atoms with van der Waals surface area (Å²) in [7, 11) is -4.27. The van der Waals surface area contributed by atoms with Crippen molar-refractivity contribution in [2.75, 3.05) is 61.7 Å². The van der Waals surface area contributed by atoms with Crippen LogP contribution in [0.25, 0.3) is 31.3 Å². The highest BCUT2D eigenvalue weighted by Crippen LogP contribution is 2.79. The fourth-order valence-electron chi connectivity index (χ4n) is 7.29. The first-order valence-electron chi connectivity index (χ1n) is 24.4. The number of azide groups is 3. The van der Waals surface area contributed by atoms with Gasteiger partial charge in [0.15, 0.2) is 5.75 Å². The van der Waals surface area contributed by atoms with E-state index in [0.29, 0.717) is 36.0 Å². The predicted molar refractivity (Wildman–Crippen MR) is 352 cm³/mol. The van der Waals surface area contributed by atoms with Crippen LogP contribution in [0.5, 0.6) is 23.0 Å². The fourth-order valence-corrected chi connectivity index (χ4v) is 25.7. The Kier molecular flexibility index (Phi) is 27.9. The lowest BCUT2D eigenvalue weighted by atomic mass is 10.1. The molecule has 440 valence electrons. The van der Waals surface area contributed by atoms with Gasteiger partial charge in [-0.2, -0.15) is 5.10 Å². The van der Waals surface area contributed by atoms with Gasteiger partial charge < -0.3 is 32.0 Å². The van der Waals surface area contributed by atoms with E-state index in [1.165, 1.54) is 28.4 Å². The Morgan fingerprint density at radius 3 is 1.57 bits per heavy atom. The molecule has 0 bridgehead atoms. The highest BCUT2D eigenvalue weighted by atomic mass is 32.5. The molecule has 0 heterocycles. The molecular weight excluding hydrogens is 1290 g/mol. The van der Waals surface area contributed by atoms with E-state index in [4.69, 9.17) is 58.4 Å². The molecule has 25 nitrogen and oxygen atoms in total. The van der Waals surface area contributed by atoms with Gasteiger partial charge in [-0.05, 0) is 125 Å². The van der Waals surface area contributed by atoms with Gasteiger partial charge in [-0.25, -0.2) is 9.29 Å². The maximum Gasteiger partial charge on any atom is 0.540 e. The molecule has 0 radical (unpaired) electrons. The first-order valence-corrected chi connectivity index (χ1v) is 41.5. The second-order valence-corrected chi connectivity index (χ2v) is 40.6. The van der Waals surface area contributed by atoms with Gasteiger partial charge in [-0.1, -0.05) is 105 Å². The average molecular weight is 1350 g/mol. The van der Waals surface area contributed by atoms with Crippen molar-refractivity contribution in [3.63, 3.8) is 0 Å². The predicted octanol–water partition coefficient (Wildman–Crippen LogP) is 16.5. The highest BCUT2D eigenvalue weighted by Gasteiger charge is 2.34. The number of hydrazone groups is 2. The van der Waals surface area contributed by atoms with Crippen molar-refractivity contribution in [1.29, 1.82) is 0 Å². The Morgan fingerprint density at radius 2 is 1.06 bits per heavy atom. The zero-order chi connectivity index (χ0) is 60.5. The van der Waals surface area contributed by atoms with Crippen LogP contribution >= 0.6 is 78.1 Å². The summed E-state index contributed by atoms with van der Waals surface area (Å²) in [6, 6.07) is 48.9. The Morgan fingerprint density at radius 1 is 0.595 bits per heavy atom. The summed E-state index contributed by atoms with van der Waals surface area (Å²) in [4.78, 5) is 23.6. The van der Waals surface area contributed by atoms with Crippen molar-refractivity contribution in [1.82, 2.24) is 14.5 Å². The van der Waals surface area contributed by atoms with Gasteiger partial charge >= 0.3 is 22.3 Å². The third-order valence-corrected chi connectivity index (χ3v) is 33.3. The minimum atomic E-state index is -3.48. The molecule has 0 saturated carbocycles. The Hall–Kier alpha value is -5.02. The summed E-state index contributed by atoms with van der Waals surface area (Å²) in [5, 5.41) is 15.0. The largest absolute Gasteiger partial charge is 0.540 e. The van der Waals surface area contributed by atoms with Crippen LogP contribution in [0.2, 0.25) is 0 Å². The van der Waals surface area contributed by atoms with Crippen LogP contribution in [0.4, 0.5) is 0 Å². The summed E-state index contributed by atoms with van der Waals surface area (Å²) < 4.78 is 74.8. The van der Waals surface area contributed by atoms with E-state index in [1.54, 1.807) is 89.5 Å². The Labute approximate surface area is 502 Å². The molecule has 0 aliphatic carbocycles. The van der Waals surface area contributed by atoms with E-state index < -0.39 is 60.2 Å². The average Bonchev–Trinajstić information content (AvgIpc) is 1.56. The second kappa shape index (κ2) is 34.4. The summed E-state index contributed by atoms with van der Waals surface area (Å²) in [5.74, 6) is 1.88. The van der Waals surface area contributed by atoms with Crippen molar-refractivity contribution >= 4 is 118 Å². The van der Waals surface area contributed by atoms with Gasteiger partial charge in [0.1, 0.15) is 35.1 Å². The van der Waals surface area contributed by atoms with Crippen molar-refractivity contribution in [2.24, 2.45) is 29.8 Å². The van der Waals surface area contributed by atoms with Crippen molar-refractivity contribution in [3.8, 4) is 23.0 Å². The number of hydrogen-bond acceptors (Lipinski definition) is 19. The summed E-state index contributed by atoms with van der Waals surface area (Å²) in [6.45, 7) is 0.345. The Balaban J connectivity index is 1.21. The summed E-state index contributed by atoms with van der Waals surface area (Å²) in [6.07, 6.45) is 3.53. The van der Waals surface area contributed by atoms with Gasteiger partial charge in [0.2, 0.25) is 27.8 Å². The zero-order valence-electron chi connectivity index (χ0n) is 45.9. The minimum Gasteiger partial charge on any atom is -0.448 e. The van der Waals surface area contributed by atoms with E-state index in [2.05, 4.69) is 57.8 Å². The lowest BCUT2D eigenvalue weighted by Crippen LogP contribution is -2.29. The molecule has 36 heteroatoms. The van der Waals surface area contributed by atoms with Crippen LogP contribution < -0.4 is 34.3 Å². The molecule has 6 aromatic rings.